The van der Waals surface area contributed by atoms with Gasteiger partial charge in [0.15, 0.2) is 0 Å². The Balaban J connectivity index is 3.25. The minimum absolute atomic E-state index is 0.246. The number of alkyl halides is 3. The summed E-state index contributed by atoms with van der Waals surface area (Å²) >= 11 is 3.07. The number of halogens is 4. The van der Waals surface area contributed by atoms with Crippen LogP contribution < -0.4 is 5.32 Å². The Bertz CT molecular complexity index is 440. The van der Waals surface area contributed by atoms with Crippen LogP contribution in [0.3, 0.4) is 0 Å². The van der Waals surface area contributed by atoms with Crippen LogP contribution in [0.2, 0.25) is 0 Å². The summed E-state index contributed by atoms with van der Waals surface area (Å²) in [7, 11) is 1.65. The Hall–Kier alpha value is -0.810. The summed E-state index contributed by atoms with van der Waals surface area (Å²) in [5.74, 6) is 0. The van der Waals surface area contributed by atoms with Crippen LogP contribution in [-0.4, -0.2) is 7.05 Å². The van der Waals surface area contributed by atoms with E-state index in [0.29, 0.717) is 10.9 Å². The molecule has 100 valence electrons. The van der Waals surface area contributed by atoms with Gasteiger partial charge in [-0.15, -0.1) is 6.58 Å². The molecule has 1 nitrogen and oxygen atoms in total. The van der Waals surface area contributed by atoms with Crippen LogP contribution in [0.4, 0.5) is 13.2 Å². The minimum Gasteiger partial charge on any atom is -0.313 e. The standard InChI is InChI=1S/C13H15BrF3N/c1-8(2)6-12(18-3)10-5-4-9(14)7-11(10)13(15,16)17/h4-5,7,12,18H,1,6H2,2-3H3. The first-order valence-electron chi connectivity index (χ1n) is 5.44. The molecule has 1 unspecified atom stereocenters. The van der Waals surface area contributed by atoms with Gasteiger partial charge in [0.1, 0.15) is 0 Å². The van der Waals surface area contributed by atoms with E-state index in [2.05, 4.69) is 27.8 Å². The average molecular weight is 322 g/mol. The smallest absolute Gasteiger partial charge is 0.313 e. The normalized spacial score (nSPS) is 13.4. The SMILES string of the molecule is C=C(C)CC(NC)c1ccc(Br)cc1C(F)(F)F. The van der Waals surface area contributed by atoms with E-state index in [4.69, 9.17) is 0 Å². The molecule has 0 aliphatic carbocycles. The molecule has 0 aromatic heterocycles. The van der Waals surface area contributed by atoms with Gasteiger partial charge >= 0.3 is 6.18 Å². The lowest BCUT2D eigenvalue weighted by Crippen LogP contribution is -2.21. The summed E-state index contributed by atoms with van der Waals surface area (Å²) < 4.78 is 39.4. The van der Waals surface area contributed by atoms with E-state index in [9.17, 15) is 13.2 Å². The van der Waals surface area contributed by atoms with Crippen molar-refractivity contribution in [1.29, 1.82) is 0 Å². The first kappa shape index (κ1) is 15.2. The predicted molar refractivity (Wildman–Crippen MR) is 70.4 cm³/mol. The third-order valence-electron chi connectivity index (χ3n) is 2.60. The van der Waals surface area contributed by atoms with Crippen LogP contribution in [0, 0.1) is 0 Å². The quantitative estimate of drug-likeness (QED) is 0.793. The Morgan fingerprint density at radius 1 is 1.44 bits per heavy atom. The molecule has 0 bridgehead atoms. The molecule has 1 aromatic rings. The molecule has 1 atom stereocenters. The summed E-state index contributed by atoms with van der Waals surface area (Å²) in [5.41, 5.74) is 0.471. The monoisotopic (exact) mass is 321 g/mol. The van der Waals surface area contributed by atoms with Crippen molar-refractivity contribution in [3.05, 3.63) is 46.0 Å². The fourth-order valence-electron chi connectivity index (χ4n) is 1.79. The molecular weight excluding hydrogens is 307 g/mol. The lowest BCUT2D eigenvalue weighted by molar-refractivity contribution is -0.138. The first-order chi connectivity index (χ1) is 8.25. The number of hydrogen-bond acceptors (Lipinski definition) is 1. The number of benzene rings is 1. The van der Waals surface area contributed by atoms with Gasteiger partial charge in [0.05, 0.1) is 5.56 Å². The second kappa shape index (κ2) is 5.89. The van der Waals surface area contributed by atoms with Crippen molar-refractivity contribution in [2.45, 2.75) is 25.6 Å². The van der Waals surface area contributed by atoms with E-state index in [-0.39, 0.29) is 11.6 Å². The fourth-order valence-corrected chi connectivity index (χ4v) is 2.15. The highest BCUT2D eigenvalue weighted by Crippen LogP contribution is 2.37. The summed E-state index contributed by atoms with van der Waals surface area (Å²) in [5, 5.41) is 2.91. The zero-order valence-electron chi connectivity index (χ0n) is 10.2. The zero-order valence-corrected chi connectivity index (χ0v) is 11.8. The number of nitrogens with one attached hydrogen (secondary N) is 1. The molecule has 0 amide bonds. The maximum atomic E-state index is 13.0. The molecule has 0 fully saturated rings. The summed E-state index contributed by atoms with van der Waals surface area (Å²) in [6.45, 7) is 5.55. The van der Waals surface area contributed by atoms with E-state index in [1.807, 2.05) is 0 Å². The molecule has 0 radical (unpaired) electrons. The fraction of sp³-hybridized carbons (Fsp3) is 0.385. The molecule has 18 heavy (non-hydrogen) atoms. The summed E-state index contributed by atoms with van der Waals surface area (Å²) in [6.07, 6.45) is -3.88. The molecule has 1 rings (SSSR count). The Morgan fingerprint density at radius 3 is 2.50 bits per heavy atom. The minimum atomic E-state index is -4.36. The molecule has 1 N–H and O–H groups in total. The predicted octanol–water partition coefficient (Wildman–Crippen LogP) is 4.69. The second-order valence-corrected chi connectivity index (χ2v) is 5.15. The van der Waals surface area contributed by atoms with E-state index >= 15 is 0 Å². The van der Waals surface area contributed by atoms with Gasteiger partial charge in [-0.05, 0) is 38.1 Å². The van der Waals surface area contributed by atoms with Gasteiger partial charge in [-0.1, -0.05) is 27.6 Å². The summed E-state index contributed by atoms with van der Waals surface area (Å²) in [6, 6.07) is 3.84. The maximum Gasteiger partial charge on any atom is 0.416 e. The summed E-state index contributed by atoms with van der Waals surface area (Å²) in [4.78, 5) is 0. The molecular formula is C13H15BrF3N. The van der Waals surface area contributed by atoms with Crippen molar-refractivity contribution in [2.75, 3.05) is 7.05 Å². The van der Waals surface area contributed by atoms with Crippen molar-refractivity contribution < 1.29 is 13.2 Å². The van der Waals surface area contributed by atoms with Gasteiger partial charge in [0.2, 0.25) is 0 Å². The number of hydrogen-bond donors (Lipinski definition) is 1. The van der Waals surface area contributed by atoms with Crippen molar-refractivity contribution in [2.24, 2.45) is 0 Å². The average Bonchev–Trinajstić information content (AvgIpc) is 2.24. The van der Waals surface area contributed by atoms with E-state index in [0.717, 1.165) is 11.6 Å². The molecule has 5 heteroatoms. The van der Waals surface area contributed by atoms with Crippen LogP contribution >= 0.6 is 15.9 Å². The zero-order chi connectivity index (χ0) is 13.9. The van der Waals surface area contributed by atoms with Crippen molar-refractivity contribution in [3.8, 4) is 0 Å². The van der Waals surface area contributed by atoms with Crippen LogP contribution in [0.1, 0.15) is 30.5 Å². The van der Waals surface area contributed by atoms with E-state index in [1.54, 1.807) is 20.0 Å². The highest BCUT2D eigenvalue weighted by atomic mass is 79.9. The van der Waals surface area contributed by atoms with Crippen LogP contribution in [0.15, 0.2) is 34.8 Å². The van der Waals surface area contributed by atoms with Gasteiger partial charge in [0, 0.05) is 10.5 Å². The lowest BCUT2D eigenvalue weighted by Gasteiger charge is -2.21. The van der Waals surface area contributed by atoms with Gasteiger partial charge in [-0.25, -0.2) is 0 Å². The third kappa shape index (κ3) is 3.85. The lowest BCUT2D eigenvalue weighted by atomic mass is 9.95. The molecule has 0 heterocycles. The van der Waals surface area contributed by atoms with Gasteiger partial charge < -0.3 is 5.32 Å². The molecule has 1 aromatic carbocycles. The molecule has 0 aliphatic rings. The topological polar surface area (TPSA) is 12.0 Å². The van der Waals surface area contributed by atoms with Crippen LogP contribution in [0.25, 0.3) is 0 Å². The van der Waals surface area contributed by atoms with E-state index < -0.39 is 11.7 Å². The van der Waals surface area contributed by atoms with Gasteiger partial charge in [0.25, 0.3) is 0 Å². The van der Waals surface area contributed by atoms with Crippen molar-refractivity contribution in [1.82, 2.24) is 5.32 Å². The third-order valence-corrected chi connectivity index (χ3v) is 3.09. The van der Waals surface area contributed by atoms with Gasteiger partial charge in [-0.3, -0.25) is 0 Å². The Kier molecular flexibility index (Phi) is 4.99. The number of rotatable bonds is 4. The molecule has 0 saturated heterocycles. The molecule has 0 saturated carbocycles. The van der Waals surface area contributed by atoms with Crippen molar-refractivity contribution >= 4 is 15.9 Å². The molecule has 0 aliphatic heterocycles. The largest absolute Gasteiger partial charge is 0.416 e. The highest BCUT2D eigenvalue weighted by molar-refractivity contribution is 9.10. The van der Waals surface area contributed by atoms with Crippen molar-refractivity contribution in [3.63, 3.8) is 0 Å². The Labute approximate surface area is 113 Å². The molecule has 0 spiro atoms. The first-order valence-corrected chi connectivity index (χ1v) is 6.23. The van der Waals surface area contributed by atoms with Crippen LogP contribution in [-0.2, 0) is 6.18 Å². The Morgan fingerprint density at radius 2 is 2.06 bits per heavy atom. The maximum absolute atomic E-state index is 13.0. The second-order valence-electron chi connectivity index (χ2n) is 4.23. The van der Waals surface area contributed by atoms with Crippen LogP contribution in [0.5, 0.6) is 0 Å². The highest BCUT2D eigenvalue weighted by Gasteiger charge is 2.35. The van der Waals surface area contributed by atoms with Gasteiger partial charge in [-0.2, -0.15) is 13.2 Å². The van der Waals surface area contributed by atoms with E-state index in [1.165, 1.54) is 6.07 Å².